The van der Waals surface area contributed by atoms with E-state index in [0.717, 1.165) is 80.9 Å². The molecule has 1 N–H and O–H groups in total. The van der Waals surface area contributed by atoms with Gasteiger partial charge in [0.05, 0.1) is 37.5 Å². The highest BCUT2D eigenvalue weighted by Crippen LogP contribution is 2.40. The van der Waals surface area contributed by atoms with Crippen molar-refractivity contribution in [1.82, 2.24) is 9.97 Å². The van der Waals surface area contributed by atoms with Crippen molar-refractivity contribution in [3.63, 3.8) is 0 Å². The number of hydrogen-bond acceptors (Lipinski definition) is 7. The molecule has 0 bridgehead atoms. The lowest BCUT2D eigenvalue weighted by Gasteiger charge is -2.13. The molecule has 2 heterocycles. The van der Waals surface area contributed by atoms with Gasteiger partial charge < -0.3 is 12.7 Å². The van der Waals surface area contributed by atoms with Crippen LogP contribution in [-0.2, 0) is 0 Å². The Bertz CT molecular complexity index is 2880. The molecule has 10 aromatic rings. The average molecular weight is 829 g/mol. The van der Waals surface area contributed by atoms with Crippen LogP contribution in [0.25, 0.3) is 75.0 Å². The second kappa shape index (κ2) is 19.5. The maximum atomic E-state index is 10.2. The highest BCUT2D eigenvalue weighted by atomic mass is 32.1. The van der Waals surface area contributed by atoms with E-state index in [-0.39, 0.29) is 21.6 Å². The molecule has 5 nitrogen and oxygen atoms in total. The Morgan fingerprint density at radius 2 is 0.833 bits per heavy atom. The second-order valence-electron chi connectivity index (χ2n) is 13.4. The van der Waals surface area contributed by atoms with E-state index in [1.807, 2.05) is 109 Å². The molecule has 0 unspecified atom stereocenters. The van der Waals surface area contributed by atoms with Gasteiger partial charge in [0.1, 0.15) is 15.8 Å². The molecular weight excluding hydrogens is 790 g/mol. The van der Waals surface area contributed by atoms with Gasteiger partial charge in [-0.15, -0.1) is 22.7 Å². The molecule has 0 atom stereocenters. The molecule has 0 spiro atoms. The van der Waals surface area contributed by atoms with Crippen LogP contribution in [0.2, 0.25) is 0 Å². The van der Waals surface area contributed by atoms with Gasteiger partial charge in [-0.05, 0) is 94.0 Å². The fraction of sp³-hybridized carbons (Fsp3) is 0.0196. The van der Waals surface area contributed by atoms with Crippen LogP contribution in [0.1, 0.15) is 7.43 Å². The molecule has 4 radical (unpaired) electrons. The molecule has 10 rings (SSSR count). The van der Waals surface area contributed by atoms with Crippen LogP contribution in [0.4, 0.5) is 0 Å². The summed E-state index contributed by atoms with van der Waals surface area (Å²) in [5, 5.41) is 12.0. The summed E-state index contributed by atoms with van der Waals surface area (Å²) in [5.41, 5.74) is 10.6. The molecule has 0 fully saturated rings. The Morgan fingerprint density at radius 1 is 0.417 bits per heavy atom. The topological polar surface area (TPSA) is 64.5 Å². The maximum Gasteiger partial charge on any atom is 0.881 e. The summed E-state index contributed by atoms with van der Waals surface area (Å²) in [6.07, 6.45) is 0. The minimum absolute atomic E-state index is 0. The van der Waals surface area contributed by atoms with Gasteiger partial charge in [0, 0.05) is 14.0 Å². The molecule has 288 valence electrons. The van der Waals surface area contributed by atoms with Crippen LogP contribution in [0, 0.1) is 0 Å². The molecule has 9 heteroatoms. The first-order valence-electron chi connectivity index (χ1n) is 18.7. The number of benzene rings is 8. The smallest absolute Gasteiger partial charge is 0.616 e. The number of hydrogen-bond donors (Lipinski definition) is 1. The third kappa shape index (κ3) is 9.53. The molecule has 0 saturated carbocycles. The molecule has 0 aliphatic rings. The minimum atomic E-state index is -0.747. The Labute approximate surface area is 367 Å². The van der Waals surface area contributed by atoms with Gasteiger partial charge in [-0.2, -0.15) is 0 Å². The predicted molar refractivity (Wildman–Crippen MR) is 254 cm³/mol. The van der Waals surface area contributed by atoms with Crippen molar-refractivity contribution in [3.8, 4) is 71.8 Å². The van der Waals surface area contributed by atoms with E-state index in [4.69, 9.17) is 12.6 Å². The van der Waals surface area contributed by atoms with Crippen molar-refractivity contribution in [2.45, 2.75) is 7.43 Å². The third-order valence-electron chi connectivity index (χ3n) is 9.56. The van der Waals surface area contributed by atoms with Crippen molar-refractivity contribution in [2.75, 3.05) is 0 Å². The van der Waals surface area contributed by atoms with Crippen LogP contribution in [0.3, 0.4) is 0 Å². The SMILES string of the molecule is C.Oc1ccc(-c2ccccc2)cc1-c1nc2ccccc2s1.[B].c1ccc(-c2ccc([O][Al][O]c3ccc(-c4ccccc4)cc3-c3nc4ccccc4s3)cc2)cc1. The molecule has 2 aromatic heterocycles. The van der Waals surface area contributed by atoms with Gasteiger partial charge in [0.2, 0.25) is 0 Å². The van der Waals surface area contributed by atoms with E-state index in [0.29, 0.717) is 0 Å². The van der Waals surface area contributed by atoms with Crippen molar-refractivity contribution in [2.24, 2.45) is 0 Å². The lowest BCUT2D eigenvalue weighted by Crippen LogP contribution is -2.11. The first-order chi connectivity index (χ1) is 28.6. The average Bonchev–Trinajstić information content (AvgIpc) is 3.93. The summed E-state index contributed by atoms with van der Waals surface area (Å²) in [5.74, 6) is 1.84. The number of aromatic hydroxyl groups is 1. The monoisotopic (exact) mass is 828 g/mol. The second-order valence-corrected chi connectivity index (χ2v) is 16.1. The summed E-state index contributed by atoms with van der Waals surface area (Å²) in [6, 6.07) is 67.2. The van der Waals surface area contributed by atoms with E-state index in [1.165, 1.54) is 5.56 Å². The van der Waals surface area contributed by atoms with Crippen LogP contribution in [0.15, 0.2) is 200 Å². The summed E-state index contributed by atoms with van der Waals surface area (Å²) in [6.45, 7) is 0. The summed E-state index contributed by atoms with van der Waals surface area (Å²) < 4.78 is 14.5. The van der Waals surface area contributed by atoms with Crippen LogP contribution >= 0.6 is 22.7 Å². The third-order valence-corrected chi connectivity index (χ3v) is 12.4. The van der Waals surface area contributed by atoms with Gasteiger partial charge in [0.15, 0.2) is 0 Å². The molecule has 0 aliphatic carbocycles. The number of aromatic nitrogens is 2. The van der Waals surface area contributed by atoms with E-state index < -0.39 is 15.9 Å². The van der Waals surface area contributed by atoms with Crippen molar-refractivity contribution in [3.05, 3.63) is 200 Å². The van der Waals surface area contributed by atoms with E-state index >= 15 is 0 Å². The van der Waals surface area contributed by atoms with E-state index in [1.54, 1.807) is 28.7 Å². The van der Waals surface area contributed by atoms with E-state index in [9.17, 15) is 5.11 Å². The zero-order valence-corrected chi connectivity index (χ0v) is 34.5. The Morgan fingerprint density at radius 3 is 1.37 bits per heavy atom. The molecular formula is C51H38AlBN2O3S2. The number of nitrogens with zero attached hydrogens (tertiary/aromatic N) is 2. The Balaban J connectivity index is 0.000000195. The van der Waals surface area contributed by atoms with Crippen LogP contribution < -0.4 is 7.58 Å². The van der Waals surface area contributed by atoms with Gasteiger partial charge in [0.25, 0.3) is 0 Å². The number of phenolic OH excluding ortho intramolecular Hbond substituents is 1. The van der Waals surface area contributed by atoms with Crippen molar-refractivity contribution >= 4 is 67.4 Å². The van der Waals surface area contributed by atoms with Gasteiger partial charge >= 0.3 is 15.9 Å². The zero-order chi connectivity index (χ0) is 39.1. The summed E-state index contributed by atoms with van der Waals surface area (Å²) in [7, 11) is 0. The number of rotatable bonds is 9. The molecule has 8 aromatic carbocycles. The van der Waals surface area contributed by atoms with Gasteiger partial charge in [-0.3, -0.25) is 0 Å². The fourth-order valence-corrected chi connectivity index (χ4v) is 9.19. The molecule has 0 aliphatic heterocycles. The lowest BCUT2D eigenvalue weighted by molar-refractivity contribution is 0.460. The first kappa shape index (κ1) is 41.7. The standard InChI is InChI=1S/2C19H13NOS.C12H10O.CH4.Al.B/c2*21-17-11-10-14(13-6-2-1-3-7-13)12-15(17)19-20-16-8-4-5-9-18(16)22-19;13-12-8-6-11(7-9-12)10-4-2-1-3-5-10;;;/h2*1-12,21H;1-9,13H;1H4;;/q;;;;+2;/p-2. The highest BCUT2D eigenvalue weighted by Gasteiger charge is 2.16. The quantitative estimate of drug-likeness (QED) is 0.147. The fourth-order valence-electron chi connectivity index (χ4n) is 6.59. The molecule has 0 amide bonds. The van der Waals surface area contributed by atoms with Crippen LogP contribution in [-0.4, -0.2) is 39.4 Å². The van der Waals surface area contributed by atoms with Crippen molar-refractivity contribution in [1.29, 1.82) is 0 Å². The van der Waals surface area contributed by atoms with Gasteiger partial charge in [-0.25, -0.2) is 9.97 Å². The number of fused-ring (bicyclic) bond motifs is 2. The predicted octanol–water partition coefficient (Wildman–Crippen LogP) is 13.9. The van der Waals surface area contributed by atoms with Crippen molar-refractivity contribution < 1.29 is 12.7 Å². The number of phenols is 1. The lowest BCUT2D eigenvalue weighted by atomic mass is 10.0. The number of para-hydroxylation sites is 2. The Kier molecular flexibility index (Phi) is 13.6. The highest BCUT2D eigenvalue weighted by molar-refractivity contribution is 7.22. The van der Waals surface area contributed by atoms with Gasteiger partial charge in [-0.1, -0.05) is 147 Å². The summed E-state index contributed by atoms with van der Waals surface area (Å²) >= 11 is 2.53. The normalized spacial score (nSPS) is 10.5. The largest absolute Gasteiger partial charge is 0.881 e. The molecule has 60 heavy (non-hydrogen) atoms. The van der Waals surface area contributed by atoms with E-state index in [2.05, 4.69) is 89.9 Å². The minimum Gasteiger partial charge on any atom is -0.616 e. The van der Waals surface area contributed by atoms with Crippen LogP contribution in [0.5, 0.6) is 17.2 Å². The maximum absolute atomic E-state index is 10.2. The Hall–Kier alpha value is -6.46. The first-order valence-corrected chi connectivity index (χ1v) is 21.3. The zero-order valence-electron chi connectivity index (χ0n) is 31.7. The molecule has 0 saturated heterocycles. The summed E-state index contributed by atoms with van der Waals surface area (Å²) in [4.78, 5) is 9.53. The number of thiazole rings is 2.